The Bertz CT molecular complexity index is 602. The van der Waals surface area contributed by atoms with E-state index < -0.39 is 6.43 Å². The van der Waals surface area contributed by atoms with Gasteiger partial charge in [-0.3, -0.25) is 0 Å². The number of hydrogen-bond acceptors (Lipinski definition) is 6. The van der Waals surface area contributed by atoms with Crippen LogP contribution in [0, 0.1) is 0 Å². The van der Waals surface area contributed by atoms with Crippen LogP contribution in [0.2, 0.25) is 0 Å². The Hall–Kier alpha value is -2.22. The maximum Gasteiger partial charge on any atom is 0.264 e. The molecule has 0 atom stereocenters. The third-order valence-electron chi connectivity index (χ3n) is 2.64. The molecule has 2 N–H and O–H groups in total. The van der Waals surface area contributed by atoms with Crippen molar-refractivity contribution >= 4 is 0 Å². The van der Waals surface area contributed by atoms with Gasteiger partial charge in [-0.2, -0.15) is 4.98 Å². The Morgan fingerprint density at radius 3 is 2.55 bits per heavy atom. The smallest absolute Gasteiger partial charge is 0.264 e. The molecule has 0 aliphatic heterocycles. The van der Waals surface area contributed by atoms with Gasteiger partial charge in [-0.1, -0.05) is 5.16 Å². The van der Waals surface area contributed by atoms with Gasteiger partial charge in [-0.05, 0) is 12.1 Å². The first kappa shape index (κ1) is 14.2. The molecule has 0 aliphatic carbocycles. The summed E-state index contributed by atoms with van der Waals surface area (Å²) in [5.74, 6) is 0.729. The first-order valence-electron chi connectivity index (χ1n) is 5.67. The minimum Gasteiger partial charge on any atom is -0.493 e. The van der Waals surface area contributed by atoms with E-state index in [9.17, 15) is 8.78 Å². The van der Waals surface area contributed by atoms with E-state index in [1.807, 2.05) is 0 Å². The number of hydrogen-bond donors (Lipinski definition) is 1. The number of nitrogens with zero attached hydrogens (tertiary/aromatic N) is 2. The maximum atomic E-state index is 12.9. The lowest BCUT2D eigenvalue weighted by molar-refractivity contribution is 0.151. The van der Waals surface area contributed by atoms with Gasteiger partial charge in [0.1, 0.15) is 0 Å². The van der Waals surface area contributed by atoms with E-state index in [4.69, 9.17) is 19.7 Å². The van der Waals surface area contributed by atoms with Gasteiger partial charge >= 0.3 is 0 Å². The fraction of sp³-hybridized carbons (Fsp3) is 0.333. The van der Waals surface area contributed by atoms with Gasteiger partial charge in [0.05, 0.1) is 26.3 Å². The summed E-state index contributed by atoms with van der Waals surface area (Å²) in [5.41, 5.74) is 5.40. The van der Waals surface area contributed by atoms with E-state index in [1.165, 1.54) is 26.4 Å². The van der Waals surface area contributed by atoms with Crippen LogP contribution < -0.4 is 15.2 Å². The van der Waals surface area contributed by atoms with Crippen LogP contribution in [0.25, 0.3) is 11.4 Å². The molecule has 0 bridgehead atoms. The lowest BCUT2D eigenvalue weighted by Gasteiger charge is -2.12. The zero-order valence-electron chi connectivity index (χ0n) is 10.9. The predicted molar refractivity (Wildman–Crippen MR) is 65.7 cm³/mol. The van der Waals surface area contributed by atoms with Crippen molar-refractivity contribution in [2.75, 3.05) is 14.2 Å². The molecule has 0 saturated carbocycles. The first-order chi connectivity index (χ1) is 9.60. The standard InChI is InChI=1S/C12H13F2N3O3/c1-18-8-4-6(11(13)14)3-7(10(8)19-2)12-16-9(5-15)20-17-12/h3-4,11H,5,15H2,1-2H3. The van der Waals surface area contributed by atoms with Gasteiger partial charge in [0, 0.05) is 5.56 Å². The van der Waals surface area contributed by atoms with Gasteiger partial charge in [0.15, 0.2) is 11.5 Å². The van der Waals surface area contributed by atoms with Crippen LogP contribution in [-0.4, -0.2) is 24.4 Å². The van der Waals surface area contributed by atoms with Crippen molar-refractivity contribution in [1.82, 2.24) is 10.1 Å². The summed E-state index contributed by atoms with van der Waals surface area (Å²) in [6.45, 7) is 0.0565. The van der Waals surface area contributed by atoms with Crippen molar-refractivity contribution in [1.29, 1.82) is 0 Å². The molecule has 0 aliphatic rings. The Kier molecular flexibility index (Phi) is 4.14. The number of nitrogens with two attached hydrogens (primary N) is 1. The van der Waals surface area contributed by atoms with Crippen LogP contribution >= 0.6 is 0 Å². The van der Waals surface area contributed by atoms with Gasteiger partial charge in [-0.15, -0.1) is 0 Å². The number of halogens is 2. The van der Waals surface area contributed by atoms with Gasteiger partial charge < -0.3 is 19.7 Å². The zero-order valence-corrected chi connectivity index (χ0v) is 10.9. The van der Waals surface area contributed by atoms with E-state index in [0.717, 1.165) is 0 Å². The molecule has 2 rings (SSSR count). The zero-order chi connectivity index (χ0) is 14.7. The van der Waals surface area contributed by atoms with Crippen LogP contribution in [0.4, 0.5) is 8.78 Å². The van der Waals surface area contributed by atoms with E-state index in [1.54, 1.807) is 0 Å². The highest BCUT2D eigenvalue weighted by molar-refractivity contribution is 5.70. The van der Waals surface area contributed by atoms with Crippen molar-refractivity contribution in [3.05, 3.63) is 23.6 Å². The molecule has 108 valence electrons. The van der Waals surface area contributed by atoms with Crippen molar-refractivity contribution in [3.8, 4) is 22.9 Å². The number of benzene rings is 1. The van der Waals surface area contributed by atoms with Crippen molar-refractivity contribution in [2.45, 2.75) is 13.0 Å². The molecule has 1 heterocycles. The second-order valence-corrected chi connectivity index (χ2v) is 3.82. The molecule has 8 heteroatoms. The molecule has 1 aromatic carbocycles. The summed E-state index contributed by atoms with van der Waals surface area (Å²) in [7, 11) is 2.76. The van der Waals surface area contributed by atoms with Crippen LogP contribution in [0.3, 0.4) is 0 Å². The fourth-order valence-corrected chi connectivity index (χ4v) is 1.72. The Morgan fingerprint density at radius 2 is 2.05 bits per heavy atom. The average Bonchev–Trinajstić information content (AvgIpc) is 2.94. The quantitative estimate of drug-likeness (QED) is 0.906. The Labute approximate surface area is 113 Å². The molecule has 0 fully saturated rings. The van der Waals surface area contributed by atoms with Crippen molar-refractivity contribution in [3.63, 3.8) is 0 Å². The SMILES string of the molecule is COc1cc(C(F)F)cc(-c2noc(CN)n2)c1OC. The number of rotatable bonds is 5. The van der Waals surface area contributed by atoms with E-state index >= 15 is 0 Å². The Morgan fingerprint density at radius 1 is 1.30 bits per heavy atom. The third kappa shape index (κ3) is 2.55. The minimum atomic E-state index is -2.66. The van der Waals surface area contributed by atoms with E-state index in [-0.39, 0.29) is 40.9 Å². The molecular formula is C12H13F2N3O3. The van der Waals surface area contributed by atoms with Gasteiger partial charge in [0.25, 0.3) is 6.43 Å². The lowest BCUT2D eigenvalue weighted by atomic mass is 10.1. The van der Waals surface area contributed by atoms with Crippen LogP contribution in [0.15, 0.2) is 16.7 Å². The summed E-state index contributed by atoms with van der Waals surface area (Å²) >= 11 is 0. The number of alkyl halides is 2. The second-order valence-electron chi connectivity index (χ2n) is 3.82. The molecule has 6 nitrogen and oxygen atoms in total. The maximum absolute atomic E-state index is 12.9. The molecule has 1 aromatic heterocycles. The summed E-state index contributed by atoms with van der Waals surface area (Å²) in [4.78, 5) is 4.00. The third-order valence-corrected chi connectivity index (χ3v) is 2.64. The second kappa shape index (κ2) is 5.83. The molecule has 2 aromatic rings. The lowest BCUT2D eigenvalue weighted by Crippen LogP contribution is -1.98. The molecule has 0 spiro atoms. The minimum absolute atomic E-state index is 0.0565. The topological polar surface area (TPSA) is 83.4 Å². The molecule has 0 saturated heterocycles. The average molecular weight is 285 g/mol. The van der Waals surface area contributed by atoms with Crippen LogP contribution in [0.1, 0.15) is 17.9 Å². The molecule has 0 radical (unpaired) electrons. The van der Waals surface area contributed by atoms with E-state index in [0.29, 0.717) is 0 Å². The molecule has 20 heavy (non-hydrogen) atoms. The number of ether oxygens (including phenoxy) is 2. The highest BCUT2D eigenvalue weighted by Crippen LogP contribution is 2.40. The molecule has 0 amide bonds. The highest BCUT2D eigenvalue weighted by atomic mass is 19.3. The summed E-state index contributed by atoms with van der Waals surface area (Å²) in [6, 6.07) is 2.44. The van der Waals surface area contributed by atoms with Crippen LogP contribution in [-0.2, 0) is 6.54 Å². The normalized spacial score (nSPS) is 10.9. The predicted octanol–water partition coefficient (Wildman–Crippen LogP) is 2.15. The Balaban J connectivity index is 2.61. The first-order valence-corrected chi connectivity index (χ1v) is 5.67. The monoisotopic (exact) mass is 285 g/mol. The van der Waals surface area contributed by atoms with E-state index in [2.05, 4.69) is 10.1 Å². The summed E-state index contributed by atoms with van der Waals surface area (Å²) < 4.78 is 40.9. The number of methoxy groups -OCH3 is 2. The fourth-order valence-electron chi connectivity index (χ4n) is 1.72. The van der Waals surface area contributed by atoms with Crippen molar-refractivity contribution < 1.29 is 22.8 Å². The highest BCUT2D eigenvalue weighted by Gasteiger charge is 2.21. The number of aromatic nitrogens is 2. The molecular weight excluding hydrogens is 272 g/mol. The van der Waals surface area contributed by atoms with Gasteiger partial charge in [-0.25, -0.2) is 8.78 Å². The summed E-state index contributed by atoms with van der Waals surface area (Å²) in [6.07, 6.45) is -2.66. The van der Waals surface area contributed by atoms with Crippen LogP contribution in [0.5, 0.6) is 11.5 Å². The van der Waals surface area contributed by atoms with Gasteiger partial charge in [0.2, 0.25) is 11.7 Å². The largest absolute Gasteiger partial charge is 0.493 e. The summed E-state index contributed by atoms with van der Waals surface area (Å²) in [5, 5.41) is 3.70. The molecule has 0 unspecified atom stereocenters. The van der Waals surface area contributed by atoms with Crippen molar-refractivity contribution in [2.24, 2.45) is 5.73 Å².